The number of hydrogen-bond donors (Lipinski definition) is 0. The molecule has 0 aliphatic carbocycles. The molecule has 4 heteroatoms. The van der Waals surface area contributed by atoms with E-state index in [9.17, 15) is 4.39 Å². The third-order valence-electron chi connectivity index (χ3n) is 4.81. The Morgan fingerprint density at radius 2 is 1.52 bits per heavy atom. The summed E-state index contributed by atoms with van der Waals surface area (Å²) >= 11 is 0. The largest absolute Gasteiger partial charge is 0.496 e. The van der Waals surface area contributed by atoms with Gasteiger partial charge in [0.05, 0.1) is 7.11 Å². The summed E-state index contributed by atoms with van der Waals surface area (Å²) in [7, 11) is 1.69. The van der Waals surface area contributed by atoms with Gasteiger partial charge < -0.3 is 9.15 Å². The van der Waals surface area contributed by atoms with Crippen LogP contribution in [0, 0.1) is 26.6 Å². The molecular formula is C23H20FNO2. The maximum absolute atomic E-state index is 13.9. The topological polar surface area (TPSA) is 35.3 Å². The molecule has 0 bridgehead atoms. The van der Waals surface area contributed by atoms with Crippen LogP contribution in [0.25, 0.3) is 33.7 Å². The van der Waals surface area contributed by atoms with Crippen molar-refractivity contribution in [3.05, 3.63) is 71.0 Å². The van der Waals surface area contributed by atoms with Crippen molar-refractivity contribution >= 4 is 11.1 Å². The molecule has 0 spiro atoms. The van der Waals surface area contributed by atoms with E-state index in [2.05, 4.69) is 17.1 Å². The first-order chi connectivity index (χ1) is 13.0. The van der Waals surface area contributed by atoms with Gasteiger partial charge in [-0.15, -0.1) is 0 Å². The minimum atomic E-state index is -0.264. The van der Waals surface area contributed by atoms with Crippen molar-refractivity contribution < 1.29 is 13.5 Å². The molecule has 4 rings (SSSR count). The van der Waals surface area contributed by atoms with Crippen LogP contribution in [0.5, 0.6) is 5.75 Å². The fraction of sp³-hybridized carbons (Fsp3) is 0.174. The molecule has 0 unspecified atom stereocenters. The molecule has 4 aromatic rings. The zero-order valence-electron chi connectivity index (χ0n) is 15.8. The first kappa shape index (κ1) is 17.3. The number of benzene rings is 3. The summed E-state index contributed by atoms with van der Waals surface area (Å²) in [5.74, 6) is 1.06. The predicted molar refractivity (Wildman–Crippen MR) is 106 cm³/mol. The van der Waals surface area contributed by atoms with Gasteiger partial charge in [-0.1, -0.05) is 12.1 Å². The number of rotatable bonds is 3. The number of ether oxygens (including phenoxy) is 1. The Kier molecular flexibility index (Phi) is 4.19. The molecule has 0 amide bonds. The Labute approximate surface area is 157 Å². The van der Waals surface area contributed by atoms with Crippen molar-refractivity contribution in [2.24, 2.45) is 0 Å². The second kappa shape index (κ2) is 6.54. The van der Waals surface area contributed by atoms with E-state index in [-0.39, 0.29) is 5.82 Å². The van der Waals surface area contributed by atoms with Gasteiger partial charge >= 0.3 is 0 Å². The number of aryl methyl sites for hydroxylation is 3. The number of nitrogens with zero attached hydrogens (tertiary/aromatic N) is 1. The first-order valence-corrected chi connectivity index (χ1v) is 8.79. The molecule has 3 aromatic carbocycles. The lowest BCUT2D eigenvalue weighted by atomic mass is 9.99. The van der Waals surface area contributed by atoms with E-state index in [1.165, 1.54) is 6.07 Å². The summed E-state index contributed by atoms with van der Waals surface area (Å²) in [4.78, 5) is 4.50. The van der Waals surface area contributed by atoms with E-state index in [1.807, 2.05) is 38.1 Å². The summed E-state index contributed by atoms with van der Waals surface area (Å²) < 4.78 is 25.2. The second-order valence-electron chi connectivity index (χ2n) is 6.81. The van der Waals surface area contributed by atoms with E-state index in [0.717, 1.165) is 33.5 Å². The van der Waals surface area contributed by atoms with Gasteiger partial charge in [0.25, 0.3) is 0 Å². The SMILES string of the molecule is COc1c(C)cc(-c2ccc3nc(-c4ccc(C)c(F)c4)oc3c2)cc1C. The monoisotopic (exact) mass is 361 g/mol. The van der Waals surface area contributed by atoms with Crippen molar-refractivity contribution in [1.29, 1.82) is 0 Å². The zero-order valence-corrected chi connectivity index (χ0v) is 15.8. The Morgan fingerprint density at radius 1 is 0.815 bits per heavy atom. The average Bonchev–Trinajstić information content (AvgIpc) is 3.07. The maximum atomic E-state index is 13.9. The Morgan fingerprint density at radius 3 is 2.19 bits per heavy atom. The Bertz CT molecular complexity index is 1140. The van der Waals surface area contributed by atoms with Crippen molar-refractivity contribution in [2.75, 3.05) is 7.11 Å². The molecule has 1 heterocycles. The number of methoxy groups -OCH3 is 1. The van der Waals surface area contributed by atoms with Crippen molar-refractivity contribution in [1.82, 2.24) is 4.98 Å². The summed E-state index contributed by atoms with van der Waals surface area (Å²) in [6, 6.07) is 15.1. The van der Waals surface area contributed by atoms with Gasteiger partial charge in [-0.3, -0.25) is 0 Å². The molecule has 0 saturated carbocycles. The van der Waals surface area contributed by atoms with Gasteiger partial charge in [-0.25, -0.2) is 9.37 Å². The van der Waals surface area contributed by atoms with Gasteiger partial charge in [0.2, 0.25) is 5.89 Å². The normalized spacial score (nSPS) is 11.1. The number of aromatic nitrogens is 1. The average molecular weight is 361 g/mol. The van der Waals surface area contributed by atoms with Crippen LogP contribution < -0.4 is 4.74 Å². The van der Waals surface area contributed by atoms with Crippen LogP contribution in [0.15, 0.2) is 52.9 Å². The summed E-state index contributed by atoms with van der Waals surface area (Å²) in [5.41, 5.74) is 6.95. The predicted octanol–water partition coefficient (Wildman–Crippen LogP) is 6.23. The molecule has 3 nitrogen and oxygen atoms in total. The van der Waals surface area contributed by atoms with Crippen LogP contribution in [0.2, 0.25) is 0 Å². The third-order valence-corrected chi connectivity index (χ3v) is 4.81. The summed E-state index contributed by atoms with van der Waals surface area (Å²) in [6.07, 6.45) is 0. The van der Waals surface area contributed by atoms with Crippen LogP contribution in [-0.2, 0) is 0 Å². The molecule has 0 aliphatic heterocycles. The standard InChI is InChI=1S/C23H20FNO2/c1-13-5-6-17(11-19(13)24)23-25-20-8-7-16(12-21(20)27-23)18-9-14(2)22(26-4)15(3)10-18/h5-12H,1-4H3. The van der Waals surface area contributed by atoms with E-state index in [0.29, 0.717) is 22.6 Å². The molecule has 27 heavy (non-hydrogen) atoms. The maximum Gasteiger partial charge on any atom is 0.227 e. The second-order valence-corrected chi connectivity index (χ2v) is 6.81. The zero-order chi connectivity index (χ0) is 19.1. The van der Waals surface area contributed by atoms with E-state index in [1.54, 1.807) is 20.1 Å². The molecule has 0 saturated heterocycles. The van der Waals surface area contributed by atoms with Crippen LogP contribution in [-0.4, -0.2) is 12.1 Å². The number of oxazole rings is 1. The minimum Gasteiger partial charge on any atom is -0.496 e. The van der Waals surface area contributed by atoms with Crippen LogP contribution in [0.4, 0.5) is 4.39 Å². The lowest BCUT2D eigenvalue weighted by Crippen LogP contribution is -1.92. The molecule has 0 N–H and O–H groups in total. The van der Waals surface area contributed by atoms with Crippen LogP contribution in [0.1, 0.15) is 16.7 Å². The molecule has 1 aromatic heterocycles. The third kappa shape index (κ3) is 3.08. The highest BCUT2D eigenvalue weighted by molar-refractivity contribution is 5.82. The lowest BCUT2D eigenvalue weighted by Gasteiger charge is -2.11. The highest BCUT2D eigenvalue weighted by Crippen LogP contribution is 2.33. The van der Waals surface area contributed by atoms with Crippen LogP contribution >= 0.6 is 0 Å². The van der Waals surface area contributed by atoms with Crippen molar-refractivity contribution in [3.63, 3.8) is 0 Å². The smallest absolute Gasteiger partial charge is 0.227 e. The number of hydrogen-bond acceptors (Lipinski definition) is 3. The Balaban J connectivity index is 1.78. The molecule has 0 fully saturated rings. The Hall–Kier alpha value is -3.14. The molecular weight excluding hydrogens is 341 g/mol. The van der Waals surface area contributed by atoms with E-state index < -0.39 is 0 Å². The van der Waals surface area contributed by atoms with Crippen LogP contribution in [0.3, 0.4) is 0 Å². The molecule has 136 valence electrons. The minimum absolute atomic E-state index is 0.264. The van der Waals surface area contributed by atoms with Crippen molar-refractivity contribution in [3.8, 4) is 28.3 Å². The first-order valence-electron chi connectivity index (χ1n) is 8.79. The lowest BCUT2D eigenvalue weighted by molar-refractivity contribution is 0.408. The highest BCUT2D eigenvalue weighted by atomic mass is 19.1. The van der Waals surface area contributed by atoms with E-state index in [4.69, 9.17) is 9.15 Å². The van der Waals surface area contributed by atoms with Gasteiger partial charge in [0.1, 0.15) is 17.1 Å². The fourth-order valence-electron chi connectivity index (χ4n) is 3.39. The van der Waals surface area contributed by atoms with Crippen molar-refractivity contribution in [2.45, 2.75) is 20.8 Å². The molecule has 0 radical (unpaired) electrons. The number of fused-ring (bicyclic) bond motifs is 1. The highest BCUT2D eigenvalue weighted by Gasteiger charge is 2.12. The van der Waals surface area contributed by atoms with Gasteiger partial charge in [-0.2, -0.15) is 0 Å². The van der Waals surface area contributed by atoms with Gasteiger partial charge in [0.15, 0.2) is 5.58 Å². The van der Waals surface area contributed by atoms with Gasteiger partial charge in [-0.05, 0) is 85.0 Å². The molecule has 0 aliphatic rings. The summed E-state index contributed by atoms with van der Waals surface area (Å²) in [6.45, 7) is 5.80. The molecule has 0 atom stereocenters. The fourth-order valence-corrected chi connectivity index (χ4v) is 3.39. The quantitative estimate of drug-likeness (QED) is 0.433. The number of halogens is 1. The van der Waals surface area contributed by atoms with E-state index >= 15 is 0 Å². The summed E-state index contributed by atoms with van der Waals surface area (Å²) in [5, 5.41) is 0. The van der Waals surface area contributed by atoms with Gasteiger partial charge in [0, 0.05) is 5.56 Å².